The van der Waals surface area contributed by atoms with Crippen LogP contribution in [0.25, 0.3) is 5.69 Å². The summed E-state index contributed by atoms with van der Waals surface area (Å²) in [5, 5.41) is 22.4. The Balaban J connectivity index is 2.02. The number of aromatic carboxylic acids is 1. The van der Waals surface area contributed by atoms with E-state index in [1.807, 2.05) is 0 Å². The van der Waals surface area contributed by atoms with Gasteiger partial charge in [0.25, 0.3) is 0 Å². The van der Waals surface area contributed by atoms with Crippen LogP contribution in [0.4, 0.5) is 5.69 Å². The molecule has 8 nitrogen and oxygen atoms in total. The molecule has 30 heavy (non-hydrogen) atoms. The molecule has 3 N–H and O–H groups in total. The molecule has 1 aliphatic heterocycles. The molecule has 0 saturated heterocycles. The Hall–Kier alpha value is -3.94. The molecule has 154 valence electrons. The molecule has 1 atom stereocenters. The summed E-state index contributed by atoms with van der Waals surface area (Å²) in [7, 11) is 3.06. The lowest BCUT2D eigenvalue weighted by Crippen LogP contribution is -2.25. The summed E-state index contributed by atoms with van der Waals surface area (Å²) in [6.07, 6.45) is 1.57. The van der Waals surface area contributed by atoms with E-state index in [9.17, 15) is 19.8 Å². The number of carboxylic acids is 1. The van der Waals surface area contributed by atoms with Gasteiger partial charge in [-0.1, -0.05) is 12.1 Å². The van der Waals surface area contributed by atoms with Crippen LogP contribution in [0.2, 0.25) is 0 Å². The Bertz CT molecular complexity index is 1150. The van der Waals surface area contributed by atoms with Crippen molar-refractivity contribution in [2.24, 2.45) is 0 Å². The first-order valence-corrected chi connectivity index (χ1v) is 9.22. The molecule has 1 amide bonds. The van der Waals surface area contributed by atoms with Crippen molar-refractivity contribution in [3.05, 3.63) is 65.5 Å². The largest absolute Gasteiger partial charge is 0.508 e. The summed E-state index contributed by atoms with van der Waals surface area (Å²) in [5.74, 6) is -0.784. The number of aromatic hydroxyl groups is 1. The fourth-order valence-electron chi connectivity index (χ4n) is 3.83. The molecule has 0 spiro atoms. The number of phenolic OH excluding ortho intramolecular Hbond substituents is 1. The predicted octanol–water partition coefficient (Wildman–Crippen LogP) is 3.37. The highest BCUT2D eigenvalue weighted by Gasteiger charge is 2.35. The molecule has 1 aliphatic rings. The van der Waals surface area contributed by atoms with Gasteiger partial charge in [-0.3, -0.25) is 4.79 Å². The first-order chi connectivity index (χ1) is 14.4. The predicted molar refractivity (Wildman–Crippen MR) is 109 cm³/mol. The van der Waals surface area contributed by atoms with Crippen molar-refractivity contribution < 1.29 is 29.3 Å². The average Bonchev–Trinajstić information content (AvgIpc) is 3.12. The number of hydrogen-bond acceptors (Lipinski definition) is 5. The van der Waals surface area contributed by atoms with E-state index in [1.54, 1.807) is 47.0 Å². The lowest BCUT2D eigenvalue weighted by Gasteiger charge is -2.27. The van der Waals surface area contributed by atoms with E-state index >= 15 is 0 Å². The van der Waals surface area contributed by atoms with Crippen molar-refractivity contribution in [1.29, 1.82) is 0 Å². The number of carboxylic acid groups (broad SMARTS) is 1. The number of ether oxygens (including phenoxy) is 2. The van der Waals surface area contributed by atoms with Crippen molar-refractivity contribution in [3.8, 4) is 22.9 Å². The summed E-state index contributed by atoms with van der Waals surface area (Å²) in [4.78, 5) is 24.4. The number of fused-ring (bicyclic) bond motifs is 1. The van der Waals surface area contributed by atoms with E-state index in [1.165, 1.54) is 20.4 Å². The summed E-state index contributed by atoms with van der Waals surface area (Å²) in [6, 6.07) is 11.8. The second-order valence-electron chi connectivity index (χ2n) is 6.92. The van der Waals surface area contributed by atoms with E-state index in [0.717, 1.165) is 0 Å². The number of nitrogens with zero attached hydrogens (tertiary/aromatic N) is 1. The van der Waals surface area contributed by atoms with Crippen LogP contribution in [0.5, 0.6) is 17.2 Å². The van der Waals surface area contributed by atoms with Gasteiger partial charge in [0.1, 0.15) is 22.8 Å². The molecule has 0 saturated carbocycles. The molecule has 2 heterocycles. The Labute approximate surface area is 172 Å². The standard InChI is InChI=1S/C22H20N2O6/c1-29-14-6-7-18(30-2)17(9-14)24-11-16(22(27)28)20-21(24)15(10-19(26)23-20)12-4-3-5-13(25)8-12/h3-9,11,15,25H,10H2,1-2H3,(H,23,26)(H,27,28)/t15-/m0/s1. The third-order valence-corrected chi connectivity index (χ3v) is 5.18. The molecule has 0 unspecified atom stereocenters. The van der Waals surface area contributed by atoms with Crippen LogP contribution in [0.15, 0.2) is 48.7 Å². The number of carbonyl (C=O) groups excluding carboxylic acids is 1. The van der Waals surface area contributed by atoms with Crippen LogP contribution in [0.3, 0.4) is 0 Å². The van der Waals surface area contributed by atoms with E-state index in [0.29, 0.717) is 28.4 Å². The number of amides is 1. The van der Waals surface area contributed by atoms with Crippen LogP contribution in [-0.2, 0) is 4.79 Å². The summed E-state index contributed by atoms with van der Waals surface area (Å²) in [5.41, 5.74) is 2.06. The number of nitrogens with one attached hydrogen (secondary N) is 1. The van der Waals surface area contributed by atoms with Gasteiger partial charge in [0, 0.05) is 24.6 Å². The van der Waals surface area contributed by atoms with Crippen LogP contribution in [0.1, 0.15) is 34.0 Å². The summed E-state index contributed by atoms with van der Waals surface area (Å²) < 4.78 is 12.5. The topological polar surface area (TPSA) is 110 Å². The lowest BCUT2D eigenvalue weighted by molar-refractivity contribution is -0.116. The number of hydrogen-bond donors (Lipinski definition) is 3. The van der Waals surface area contributed by atoms with Gasteiger partial charge in [0.15, 0.2) is 0 Å². The van der Waals surface area contributed by atoms with Crippen LogP contribution < -0.4 is 14.8 Å². The first-order valence-electron chi connectivity index (χ1n) is 9.22. The van der Waals surface area contributed by atoms with Crippen LogP contribution >= 0.6 is 0 Å². The number of aromatic nitrogens is 1. The minimum Gasteiger partial charge on any atom is -0.508 e. The smallest absolute Gasteiger partial charge is 0.339 e. The van der Waals surface area contributed by atoms with Gasteiger partial charge in [0.05, 0.1) is 31.3 Å². The molecule has 3 aromatic rings. The minimum absolute atomic E-state index is 0.0342. The fourth-order valence-corrected chi connectivity index (χ4v) is 3.83. The maximum atomic E-state index is 12.4. The molecule has 8 heteroatoms. The zero-order chi connectivity index (χ0) is 21.4. The third-order valence-electron chi connectivity index (χ3n) is 5.18. The maximum Gasteiger partial charge on any atom is 0.339 e. The van der Waals surface area contributed by atoms with Crippen molar-refractivity contribution in [3.63, 3.8) is 0 Å². The van der Waals surface area contributed by atoms with Crippen molar-refractivity contribution in [2.75, 3.05) is 19.5 Å². The highest BCUT2D eigenvalue weighted by molar-refractivity contribution is 6.04. The minimum atomic E-state index is -1.16. The van der Waals surface area contributed by atoms with Gasteiger partial charge < -0.3 is 29.6 Å². The van der Waals surface area contributed by atoms with Gasteiger partial charge in [-0.15, -0.1) is 0 Å². The SMILES string of the molecule is COc1ccc(OC)c(-n2cc(C(=O)O)c3c2[C@H](c2cccc(O)c2)CC(=O)N3)c1. The van der Waals surface area contributed by atoms with Gasteiger partial charge in [-0.05, 0) is 29.8 Å². The summed E-state index contributed by atoms with van der Waals surface area (Å²) >= 11 is 0. The zero-order valence-corrected chi connectivity index (χ0v) is 16.4. The molecular formula is C22H20N2O6. The lowest BCUT2D eigenvalue weighted by atomic mass is 9.88. The average molecular weight is 408 g/mol. The van der Waals surface area contributed by atoms with Crippen LogP contribution in [0, 0.1) is 0 Å². The third kappa shape index (κ3) is 3.22. The highest BCUT2D eigenvalue weighted by Crippen LogP contribution is 2.43. The highest BCUT2D eigenvalue weighted by atomic mass is 16.5. The van der Waals surface area contributed by atoms with E-state index < -0.39 is 11.9 Å². The fraction of sp³-hybridized carbons (Fsp3) is 0.182. The Kier molecular flexibility index (Phi) is 4.83. The van der Waals surface area contributed by atoms with Gasteiger partial charge >= 0.3 is 5.97 Å². The first kappa shape index (κ1) is 19.4. The molecule has 0 bridgehead atoms. The Morgan fingerprint density at radius 2 is 1.97 bits per heavy atom. The molecule has 4 rings (SSSR count). The van der Waals surface area contributed by atoms with Gasteiger partial charge in [-0.25, -0.2) is 4.79 Å². The molecule has 0 radical (unpaired) electrons. The van der Waals surface area contributed by atoms with E-state index in [-0.39, 0.29) is 29.3 Å². The zero-order valence-electron chi connectivity index (χ0n) is 16.4. The number of rotatable bonds is 5. The molecule has 0 fully saturated rings. The van der Waals surface area contributed by atoms with Gasteiger partial charge in [-0.2, -0.15) is 0 Å². The van der Waals surface area contributed by atoms with E-state index in [2.05, 4.69) is 5.32 Å². The number of benzene rings is 2. The monoisotopic (exact) mass is 408 g/mol. The number of anilines is 1. The van der Waals surface area contributed by atoms with Crippen molar-refractivity contribution in [2.45, 2.75) is 12.3 Å². The van der Waals surface area contributed by atoms with Crippen LogP contribution in [-0.4, -0.2) is 40.9 Å². The molecule has 0 aliphatic carbocycles. The molecule has 1 aromatic heterocycles. The second kappa shape index (κ2) is 7.47. The number of phenols is 1. The number of methoxy groups -OCH3 is 2. The van der Waals surface area contributed by atoms with Gasteiger partial charge in [0.2, 0.25) is 5.91 Å². The normalized spacial score (nSPS) is 15.3. The second-order valence-corrected chi connectivity index (χ2v) is 6.92. The Morgan fingerprint density at radius 1 is 1.17 bits per heavy atom. The molecular weight excluding hydrogens is 388 g/mol. The molecule has 2 aromatic carbocycles. The summed E-state index contributed by atoms with van der Waals surface area (Å²) in [6.45, 7) is 0. The van der Waals surface area contributed by atoms with Crippen molar-refractivity contribution in [1.82, 2.24) is 4.57 Å². The number of carbonyl (C=O) groups is 2. The Morgan fingerprint density at radius 3 is 2.63 bits per heavy atom. The van der Waals surface area contributed by atoms with Crippen molar-refractivity contribution >= 4 is 17.6 Å². The van der Waals surface area contributed by atoms with E-state index in [4.69, 9.17) is 9.47 Å². The quantitative estimate of drug-likeness (QED) is 0.597. The maximum absolute atomic E-state index is 12.4.